The first-order valence-corrected chi connectivity index (χ1v) is 14.0. The summed E-state index contributed by atoms with van der Waals surface area (Å²) in [6, 6.07) is 0. The second-order valence-corrected chi connectivity index (χ2v) is 13.6. The lowest BCUT2D eigenvalue weighted by molar-refractivity contribution is -0.0814. The highest BCUT2D eigenvalue weighted by Gasteiger charge is 2.47. The predicted octanol–water partition coefficient (Wildman–Crippen LogP) is 4.16. The van der Waals surface area contributed by atoms with Gasteiger partial charge in [0.1, 0.15) is 0 Å². The van der Waals surface area contributed by atoms with Crippen LogP contribution in [0.1, 0.15) is 96.9 Å². The Balaban J connectivity index is 0. The Morgan fingerprint density at radius 2 is 0.633 bits per heavy atom. The van der Waals surface area contributed by atoms with Crippen LogP contribution in [-0.2, 0) is 26.6 Å². The quantitative estimate of drug-likeness (QED) is 0.458. The van der Waals surface area contributed by atoms with Crippen molar-refractivity contribution in [2.45, 2.75) is 133 Å². The molecule has 0 aromatic heterocycles. The molecule has 0 aromatic carbocycles. The van der Waals surface area contributed by atoms with Crippen molar-refractivity contribution in [1.29, 1.82) is 0 Å². The zero-order valence-electron chi connectivity index (χ0n) is 21.7. The molecule has 0 fully saturated rings. The zero-order chi connectivity index (χ0) is 24.6. The Labute approximate surface area is 187 Å². The third kappa shape index (κ3) is 20.0. The van der Waals surface area contributed by atoms with E-state index in [1.54, 1.807) is 0 Å². The molecule has 0 aliphatic heterocycles. The van der Waals surface area contributed by atoms with Gasteiger partial charge in [-0.3, -0.25) is 0 Å². The smallest absolute Gasteiger partial charge is 0.367 e. The molecule has 0 saturated carbocycles. The molecule has 0 aliphatic carbocycles. The molecule has 0 aliphatic rings. The molecular formula is C20H48O8Si2. The van der Waals surface area contributed by atoms with Crippen molar-refractivity contribution >= 4 is 18.1 Å². The molecule has 0 heterocycles. The van der Waals surface area contributed by atoms with Gasteiger partial charge in [0.05, 0.1) is 11.2 Å². The molecule has 0 saturated heterocycles. The molecule has 184 valence electrons. The first-order valence-electron chi connectivity index (χ1n) is 10.6. The van der Waals surface area contributed by atoms with Crippen molar-refractivity contribution in [3.63, 3.8) is 0 Å². The van der Waals surface area contributed by atoms with Crippen LogP contribution in [0.4, 0.5) is 0 Å². The maximum absolute atomic E-state index is 10.2. The van der Waals surface area contributed by atoms with Gasteiger partial charge in [-0.25, -0.2) is 0 Å². The summed E-state index contributed by atoms with van der Waals surface area (Å²) >= 11 is 0. The average molecular weight is 473 g/mol. The van der Waals surface area contributed by atoms with Crippen molar-refractivity contribution in [1.82, 2.24) is 0 Å². The summed E-state index contributed by atoms with van der Waals surface area (Å²) in [6.45, 7) is 25.9. The Hall–Kier alpha value is 0.114. The lowest BCUT2D eigenvalue weighted by atomic mass is 10.2. The minimum atomic E-state index is -3.51. The van der Waals surface area contributed by atoms with Gasteiger partial charge in [-0.2, -0.15) is 0 Å². The first kappa shape index (κ1) is 32.3. The summed E-state index contributed by atoms with van der Waals surface area (Å²) in [5.74, 6) is 0. The Bertz CT molecular complexity index is 395. The topological polar surface area (TPSA) is 95.8 Å². The molecule has 0 atom stereocenters. The lowest BCUT2D eigenvalue weighted by Gasteiger charge is -2.32. The highest BCUT2D eigenvalue weighted by atomic mass is 28.4. The first-order chi connectivity index (χ1) is 13.1. The number of hydrogen-bond acceptors (Lipinski definition) is 8. The maximum atomic E-state index is 10.2. The fraction of sp³-hybridized carbons (Fsp3) is 1.00. The van der Waals surface area contributed by atoms with Crippen LogP contribution in [0.15, 0.2) is 0 Å². The van der Waals surface area contributed by atoms with Crippen LogP contribution in [-0.4, -0.2) is 63.3 Å². The van der Waals surface area contributed by atoms with Gasteiger partial charge >= 0.3 is 18.1 Å². The largest absolute Gasteiger partial charge is 0.677 e. The summed E-state index contributed by atoms with van der Waals surface area (Å²) in [6.07, 6.45) is -0.490. The van der Waals surface area contributed by atoms with Crippen LogP contribution in [0.25, 0.3) is 0 Å². The van der Waals surface area contributed by atoms with E-state index >= 15 is 0 Å². The summed E-state index contributed by atoms with van der Waals surface area (Å²) in [5.41, 5.74) is -0.963. The molecule has 0 spiro atoms. The van der Waals surface area contributed by atoms with Gasteiger partial charge in [-0.1, -0.05) is 0 Å². The second kappa shape index (κ2) is 13.0. The highest BCUT2D eigenvalue weighted by molar-refractivity contribution is 6.52. The molecule has 0 rings (SSSR count). The standard InChI is InChI=1S/2C10H24O4Si/c2*1-8(2)12-15(11,13-9(3)4)14-10(5,6)7/h2*8-9,11H,1-7H3. The minimum Gasteiger partial charge on any atom is -0.367 e. The number of hydrogen-bond donors (Lipinski definition) is 2. The Morgan fingerprint density at radius 3 is 0.733 bits per heavy atom. The van der Waals surface area contributed by atoms with E-state index in [-0.39, 0.29) is 24.4 Å². The fourth-order valence-electron chi connectivity index (χ4n) is 2.12. The Morgan fingerprint density at radius 1 is 0.467 bits per heavy atom. The van der Waals surface area contributed by atoms with E-state index in [1.165, 1.54) is 0 Å². The third-order valence-corrected chi connectivity index (χ3v) is 7.23. The summed E-state index contributed by atoms with van der Waals surface area (Å²) < 4.78 is 32.5. The summed E-state index contributed by atoms with van der Waals surface area (Å²) in [7, 11) is -7.02. The molecule has 8 nitrogen and oxygen atoms in total. The molecule has 0 bridgehead atoms. The van der Waals surface area contributed by atoms with Crippen molar-refractivity contribution in [3.8, 4) is 0 Å². The normalized spacial score (nSPS) is 14.0. The molecule has 10 heteroatoms. The van der Waals surface area contributed by atoms with Crippen molar-refractivity contribution < 1.29 is 36.1 Å². The maximum Gasteiger partial charge on any atom is 0.677 e. The molecule has 30 heavy (non-hydrogen) atoms. The van der Waals surface area contributed by atoms with Crippen LogP contribution in [0.5, 0.6) is 0 Å². The van der Waals surface area contributed by atoms with Crippen LogP contribution in [0.2, 0.25) is 0 Å². The van der Waals surface area contributed by atoms with Crippen LogP contribution < -0.4 is 0 Å². The van der Waals surface area contributed by atoms with E-state index in [0.29, 0.717) is 0 Å². The highest BCUT2D eigenvalue weighted by Crippen LogP contribution is 2.20. The van der Waals surface area contributed by atoms with E-state index in [0.717, 1.165) is 0 Å². The van der Waals surface area contributed by atoms with E-state index in [9.17, 15) is 9.59 Å². The average Bonchev–Trinajstić information content (AvgIpc) is 2.27. The SMILES string of the molecule is CC(C)O[Si](O)(OC(C)C)OC(C)(C)C.CC(C)O[Si](O)(OC(C)C)OC(C)(C)C. The third-order valence-electron chi connectivity index (χ3n) is 2.41. The van der Waals surface area contributed by atoms with Gasteiger partial charge in [0, 0.05) is 24.4 Å². The van der Waals surface area contributed by atoms with E-state index in [2.05, 4.69) is 0 Å². The van der Waals surface area contributed by atoms with Gasteiger partial charge in [-0.05, 0) is 96.9 Å². The molecule has 0 unspecified atom stereocenters. The Kier molecular flexibility index (Phi) is 14.0. The van der Waals surface area contributed by atoms with Gasteiger partial charge in [-0.15, -0.1) is 0 Å². The van der Waals surface area contributed by atoms with Crippen molar-refractivity contribution in [2.24, 2.45) is 0 Å². The summed E-state index contributed by atoms with van der Waals surface area (Å²) in [4.78, 5) is 20.3. The monoisotopic (exact) mass is 472 g/mol. The molecule has 0 amide bonds. The van der Waals surface area contributed by atoms with Gasteiger partial charge in [0.25, 0.3) is 0 Å². The molecule has 0 radical (unpaired) electrons. The van der Waals surface area contributed by atoms with Crippen molar-refractivity contribution in [3.05, 3.63) is 0 Å². The summed E-state index contributed by atoms with van der Waals surface area (Å²) in [5, 5.41) is 0. The molecule has 2 N–H and O–H groups in total. The van der Waals surface area contributed by atoms with Gasteiger partial charge in [0.15, 0.2) is 0 Å². The van der Waals surface area contributed by atoms with E-state index < -0.39 is 29.3 Å². The lowest BCUT2D eigenvalue weighted by Crippen LogP contribution is -2.53. The zero-order valence-corrected chi connectivity index (χ0v) is 23.7. The van der Waals surface area contributed by atoms with Crippen LogP contribution >= 0.6 is 0 Å². The van der Waals surface area contributed by atoms with E-state index in [4.69, 9.17) is 26.6 Å². The molecular weight excluding hydrogens is 424 g/mol. The minimum absolute atomic E-state index is 0.122. The van der Waals surface area contributed by atoms with Crippen molar-refractivity contribution in [2.75, 3.05) is 0 Å². The fourth-order valence-corrected chi connectivity index (χ4v) is 6.35. The second-order valence-electron chi connectivity index (χ2n) is 10.1. The van der Waals surface area contributed by atoms with Crippen LogP contribution in [0, 0.1) is 0 Å². The van der Waals surface area contributed by atoms with Gasteiger partial charge < -0.3 is 36.1 Å². The number of rotatable bonds is 10. The predicted molar refractivity (Wildman–Crippen MR) is 123 cm³/mol. The molecule has 0 aromatic rings. The van der Waals surface area contributed by atoms with Crippen LogP contribution in [0.3, 0.4) is 0 Å². The van der Waals surface area contributed by atoms with Gasteiger partial charge in [0.2, 0.25) is 0 Å². The van der Waals surface area contributed by atoms with E-state index in [1.807, 2.05) is 96.9 Å².